The van der Waals surface area contributed by atoms with Crippen molar-refractivity contribution in [3.8, 4) is 12.0 Å². The molecule has 0 radical (unpaired) electrons. The zero-order valence-electron chi connectivity index (χ0n) is 9.80. The maximum atomic E-state index is 5.28. The molecular weight excluding hydrogens is 222 g/mol. The van der Waals surface area contributed by atoms with E-state index < -0.39 is 0 Å². The van der Waals surface area contributed by atoms with E-state index >= 15 is 0 Å². The first-order valence-corrected chi connectivity index (χ1v) is 4.93. The van der Waals surface area contributed by atoms with Crippen LogP contribution < -0.4 is 16.0 Å². The van der Waals surface area contributed by atoms with Crippen molar-refractivity contribution in [2.24, 2.45) is 5.84 Å². The van der Waals surface area contributed by atoms with Crippen LogP contribution in [0.25, 0.3) is 5.95 Å². The summed E-state index contributed by atoms with van der Waals surface area (Å²) >= 11 is 0. The minimum Gasteiger partial charge on any atom is -0.467 e. The Kier molecular flexibility index (Phi) is 2.88. The number of nitrogens with one attached hydrogen (secondary N) is 1. The Morgan fingerprint density at radius 2 is 2.06 bits per heavy atom. The molecule has 0 aromatic carbocycles. The summed E-state index contributed by atoms with van der Waals surface area (Å²) in [4.78, 5) is 16.3. The molecule has 0 aliphatic heterocycles. The molecule has 0 aliphatic rings. The molecule has 2 aromatic rings. The average molecular weight is 235 g/mol. The topological polar surface area (TPSA) is 104 Å². The van der Waals surface area contributed by atoms with E-state index in [0.29, 0.717) is 5.95 Å². The lowest BCUT2D eigenvalue weighted by Gasteiger charge is -2.07. The van der Waals surface area contributed by atoms with E-state index in [9.17, 15) is 0 Å². The highest BCUT2D eigenvalue weighted by Crippen LogP contribution is 2.13. The lowest BCUT2D eigenvalue weighted by molar-refractivity contribution is 0.378. The molecule has 0 spiro atoms. The first-order chi connectivity index (χ1) is 8.15. The largest absolute Gasteiger partial charge is 0.467 e. The number of nitrogen functional groups attached to an aromatic ring is 1. The Labute approximate surface area is 97.9 Å². The smallest absolute Gasteiger partial charge is 0.322 e. The van der Waals surface area contributed by atoms with Crippen molar-refractivity contribution in [3.63, 3.8) is 0 Å². The van der Waals surface area contributed by atoms with E-state index in [0.717, 1.165) is 11.4 Å². The fraction of sp³-hybridized carbons (Fsp3) is 0.333. The van der Waals surface area contributed by atoms with Crippen LogP contribution >= 0.6 is 0 Å². The van der Waals surface area contributed by atoms with Crippen molar-refractivity contribution >= 4 is 5.95 Å². The summed E-state index contributed by atoms with van der Waals surface area (Å²) in [7, 11) is 1.48. The maximum Gasteiger partial charge on any atom is 0.322 e. The zero-order valence-corrected chi connectivity index (χ0v) is 9.80. The number of methoxy groups -OCH3 is 1. The van der Waals surface area contributed by atoms with Gasteiger partial charge in [-0.05, 0) is 13.8 Å². The predicted octanol–water partition coefficient (Wildman–Crippen LogP) is -0.0317. The lowest BCUT2D eigenvalue weighted by Crippen LogP contribution is -2.14. The second-order valence-electron chi connectivity index (χ2n) is 3.38. The summed E-state index contributed by atoms with van der Waals surface area (Å²) in [6.45, 7) is 3.83. The van der Waals surface area contributed by atoms with Gasteiger partial charge in [0.1, 0.15) is 6.33 Å². The molecule has 0 aliphatic carbocycles. The van der Waals surface area contributed by atoms with Gasteiger partial charge in [-0.15, -0.1) is 0 Å². The van der Waals surface area contributed by atoms with Gasteiger partial charge < -0.3 is 4.74 Å². The SMILES string of the molecule is COc1nc(NN)nc(-n2cnc(C)c2C)n1. The predicted molar refractivity (Wildman–Crippen MR) is 60.8 cm³/mol. The Morgan fingerprint density at radius 1 is 1.29 bits per heavy atom. The van der Waals surface area contributed by atoms with Crippen molar-refractivity contribution in [3.05, 3.63) is 17.7 Å². The Hall–Kier alpha value is -2.22. The van der Waals surface area contributed by atoms with Crippen LogP contribution in [0.2, 0.25) is 0 Å². The fourth-order valence-electron chi connectivity index (χ4n) is 1.31. The molecule has 0 amide bonds. The van der Waals surface area contributed by atoms with Gasteiger partial charge in [-0.2, -0.15) is 15.0 Å². The molecule has 0 bridgehead atoms. The number of hydrogen-bond acceptors (Lipinski definition) is 7. The van der Waals surface area contributed by atoms with Gasteiger partial charge in [0.15, 0.2) is 0 Å². The number of imidazole rings is 1. The van der Waals surface area contributed by atoms with E-state index in [1.54, 1.807) is 10.9 Å². The molecule has 0 atom stereocenters. The normalized spacial score (nSPS) is 10.4. The first-order valence-electron chi connectivity index (χ1n) is 4.93. The van der Waals surface area contributed by atoms with Gasteiger partial charge in [-0.25, -0.2) is 10.8 Å². The molecular formula is C9H13N7O. The van der Waals surface area contributed by atoms with E-state index in [1.807, 2.05) is 13.8 Å². The van der Waals surface area contributed by atoms with Crippen LogP contribution in [0.4, 0.5) is 5.95 Å². The molecule has 0 fully saturated rings. The van der Waals surface area contributed by atoms with E-state index in [1.165, 1.54) is 7.11 Å². The number of hydrazine groups is 1. The molecule has 2 heterocycles. The summed E-state index contributed by atoms with van der Waals surface area (Å²) in [5, 5.41) is 0. The maximum absolute atomic E-state index is 5.28. The third-order valence-electron chi connectivity index (χ3n) is 2.38. The Bertz CT molecular complexity index is 514. The molecule has 17 heavy (non-hydrogen) atoms. The van der Waals surface area contributed by atoms with Crippen molar-refractivity contribution in [2.45, 2.75) is 13.8 Å². The van der Waals surface area contributed by atoms with Gasteiger partial charge in [0.05, 0.1) is 12.8 Å². The highest BCUT2D eigenvalue weighted by atomic mass is 16.5. The fourth-order valence-corrected chi connectivity index (χ4v) is 1.31. The van der Waals surface area contributed by atoms with Crippen LogP contribution in [0.5, 0.6) is 6.01 Å². The van der Waals surface area contributed by atoms with Crippen LogP contribution in [0.15, 0.2) is 6.33 Å². The molecule has 90 valence electrons. The number of anilines is 1. The van der Waals surface area contributed by atoms with Crippen molar-refractivity contribution < 1.29 is 4.74 Å². The minimum absolute atomic E-state index is 0.189. The van der Waals surface area contributed by atoms with E-state index in [2.05, 4.69) is 25.4 Å². The zero-order chi connectivity index (χ0) is 12.4. The lowest BCUT2D eigenvalue weighted by atomic mass is 10.4. The molecule has 2 aromatic heterocycles. The van der Waals surface area contributed by atoms with Crippen LogP contribution in [0, 0.1) is 13.8 Å². The number of nitrogens with zero attached hydrogens (tertiary/aromatic N) is 5. The molecule has 0 saturated carbocycles. The quantitative estimate of drug-likeness (QED) is 0.568. The van der Waals surface area contributed by atoms with Gasteiger partial charge in [-0.1, -0.05) is 0 Å². The van der Waals surface area contributed by atoms with Gasteiger partial charge in [0.2, 0.25) is 11.9 Å². The summed E-state index contributed by atoms with van der Waals surface area (Å²) in [5.74, 6) is 5.92. The number of nitrogens with two attached hydrogens (primary N) is 1. The molecule has 0 unspecified atom stereocenters. The van der Waals surface area contributed by atoms with Crippen LogP contribution in [-0.4, -0.2) is 31.6 Å². The number of aromatic nitrogens is 5. The van der Waals surface area contributed by atoms with Gasteiger partial charge in [0.25, 0.3) is 0 Å². The summed E-state index contributed by atoms with van der Waals surface area (Å²) in [6, 6.07) is 0.189. The van der Waals surface area contributed by atoms with Crippen LogP contribution in [-0.2, 0) is 0 Å². The van der Waals surface area contributed by atoms with Crippen LogP contribution in [0.1, 0.15) is 11.4 Å². The van der Waals surface area contributed by atoms with Crippen molar-refractivity contribution in [2.75, 3.05) is 12.5 Å². The van der Waals surface area contributed by atoms with Gasteiger partial charge in [-0.3, -0.25) is 9.99 Å². The monoisotopic (exact) mass is 235 g/mol. The van der Waals surface area contributed by atoms with Gasteiger partial charge in [0, 0.05) is 5.69 Å². The molecule has 8 nitrogen and oxygen atoms in total. The number of aryl methyl sites for hydroxylation is 1. The van der Waals surface area contributed by atoms with Crippen LogP contribution in [0.3, 0.4) is 0 Å². The van der Waals surface area contributed by atoms with Gasteiger partial charge >= 0.3 is 6.01 Å². The van der Waals surface area contributed by atoms with E-state index in [4.69, 9.17) is 10.6 Å². The number of rotatable bonds is 3. The summed E-state index contributed by atoms with van der Waals surface area (Å²) in [5.41, 5.74) is 4.22. The summed E-state index contributed by atoms with van der Waals surface area (Å²) < 4.78 is 6.71. The molecule has 3 N–H and O–H groups in total. The standard InChI is InChI=1S/C9H13N7O/c1-5-6(2)16(4-11-5)8-12-7(15-10)13-9(14-8)17-3/h4H,10H2,1-3H3,(H,12,13,14,15). The third kappa shape index (κ3) is 2.02. The Balaban J connectivity index is 2.54. The molecule has 0 saturated heterocycles. The molecule has 2 rings (SSSR count). The van der Waals surface area contributed by atoms with E-state index in [-0.39, 0.29) is 12.0 Å². The number of ether oxygens (including phenoxy) is 1. The first kappa shape index (κ1) is 11.3. The highest BCUT2D eigenvalue weighted by Gasteiger charge is 2.11. The molecule has 8 heteroatoms. The summed E-state index contributed by atoms with van der Waals surface area (Å²) in [6.07, 6.45) is 1.64. The minimum atomic E-state index is 0.189. The average Bonchev–Trinajstić information content (AvgIpc) is 2.69. The second-order valence-corrected chi connectivity index (χ2v) is 3.38. The highest BCUT2D eigenvalue weighted by molar-refractivity contribution is 5.30. The Morgan fingerprint density at radius 3 is 2.59 bits per heavy atom. The number of hydrogen-bond donors (Lipinski definition) is 2. The van der Waals surface area contributed by atoms with Crippen molar-refractivity contribution in [1.82, 2.24) is 24.5 Å². The second kappa shape index (κ2) is 4.34. The van der Waals surface area contributed by atoms with Crippen molar-refractivity contribution in [1.29, 1.82) is 0 Å². The third-order valence-corrected chi connectivity index (χ3v) is 2.38.